The van der Waals surface area contributed by atoms with Gasteiger partial charge in [0.25, 0.3) is 0 Å². The fraction of sp³-hybridized carbons (Fsp3) is 0.957. The number of carbonyl (C=O) groups excluding carboxylic acids is 1. The highest BCUT2D eigenvalue weighted by Crippen LogP contribution is 2.14. The number of nitrogens with one attached hydrogen (secondary N) is 1. The average molecular weight is 402 g/mol. The van der Waals surface area contributed by atoms with Crippen molar-refractivity contribution < 1.29 is 20.1 Å². The first kappa shape index (κ1) is 27.4. The van der Waals surface area contributed by atoms with Crippen LogP contribution in [0.25, 0.3) is 0 Å². The molecule has 0 saturated carbocycles. The summed E-state index contributed by atoms with van der Waals surface area (Å²) in [6.07, 6.45) is 16.3. The Balaban J connectivity index is 3.58. The van der Waals surface area contributed by atoms with E-state index >= 15 is 0 Å². The lowest BCUT2D eigenvalue weighted by molar-refractivity contribution is -0.125. The highest BCUT2D eigenvalue weighted by Gasteiger charge is 2.21. The lowest BCUT2D eigenvalue weighted by Gasteiger charge is -2.22. The van der Waals surface area contributed by atoms with E-state index in [1.807, 2.05) is 6.92 Å². The van der Waals surface area contributed by atoms with Crippen LogP contribution in [-0.2, 0) is 4.79 Å². The predicted molar refractivity (Wildman–Crippen MR) is 116 cm³/mol. The highest BCUT2D eigenvalue weighted by atomic mass is 16.3. The van der Waals surface area contributed by atoms with E-state index in [1.165, 1.54) is 70.6 Å². The second-order valence-corrected chi connectivity index (χ2v) is 8.22. The Bertz CT molecular complexity index is 351. The molecule has 0 rings (SSSR count). The average Bonchev–Trinajstić information content (AvgIpc) is 2.69. The molecule has 1 amide bonds. The fourth-order valence-electron chi connectivity index (χ4n) is 3.46. The molecule has 0 aliphatic rings. The Morgan fingerprint density at radius 3 is 1.68 bits per heavy atom. The van der Waals surface area contributed by atoms with Crippen LogP contribution in [0.3, 0.4) is 0 Å². The first-order valence-corrected chi connectivity index (χ1v) is 11.8. The molecule has 0 aliphatic heterocycles. The maximum atomic E-state index is 11.8. The smallest absolute Gasteiger partial charge is 0.222 e. The molecule has 28 heavy (non-hydrogen) atoms. The molecule has 0 aromatic rings. The maximum absolute atomic E-state index is 11.8. The zero-order valence-electron chi connectivity index (χ0n) is 18.5. The van der Waals surface area contributed by atoms with Crippen molar-refractivity contribution in [3.05, 3.63) is 0 Å². The molecule has 0 saturated heterocycles. The van der Waals surface area contributed by atoms with Gasteiger partial charge in [-0.05, 0) is 12.8 Å². The van der Waals surface area contributed by atoms with Crippen LogP contribution < -0.4 is 5.32 Å². The number of carbonyl (C=O) groups is 1. The largest absolute Gasteiger partial charge is 0.394 e. The Kier molecular flexibility index (Phi) is 19.2. The zero-order valence-corrected chi connectivity index (χ0v) is 18.5. The Morgan fingerprint density at radius 1 is 0.786 bits per heavy atom. The molecule has 168 valence electrons. The van der Waals surface area contributed by atoms with Crippen LogP contribution in [0.1, 0.15) is 117 Å². The van der Waals surface area contributed by atoms with Gasteiger partial charge in [-0.2, -0.15) is 0 Å². The summed E-state index contributed by atoms with van der Waals surface area (Å²) in [7, 11) is 0. The van der Waals surface area contributed by atoms with Crippen molar-refractivity contribution >= 4 is 5.91 Å². The molecule has 0 radical (unpaired) electrons. The predicted octanol–water partition coefficient (Wildman–Crippen LogP) is 4.47. The number of amides is 1. The van der Waals surface area contributed by atoms with Crippen LogP contribution in [0.2, 0.25) is 0 Å². The molecule has 4 N–H and O–H groups in total. The summed E-state index contributed by atoms with van der Waals surface area (Å²) in [5.74, 6) is -0.321. The Labute approximate surface area is 173 Å². The van der Waals surface area contributed by atoms with Gasteiger partial charge in [-0.3, -0.25) is 4.79 Å². The van der Waals surface area contributed by atoms with Crippen molar-refractivity contribution in [2.24, 2.45) is 0 Å². The molecule has 5 heteroatoms. The summed E-state index contributed by atoms with van der Waals surface area (Å²) in [6.45, 7) is 3.78. The highest BCUT2D eigenvalue weighted by molar-refractivity contribution is 5.76. The van der Waals surface area contributed by atoms with Crippen LogP contribution >= 0.6 is 0 Å². The van der Waals surface area contributed by atoms with E-state index in [2.05, 4.69) is 12.2 Å². The fourth-order valence-corrected chi connectivity index (χ4v) is 3.46. The minimum atomic E-state index is -0.736. The SMILES string of the molecule is CCCCCCCCCCCCCCC[C@@H](O)[C@H](CO)NC(=O)C[C@H](O)CC. The number of hydrogen-bond acceptors (Lipinski definition) is 4. The molecule has 0 aliphatic carbocycles. The summed E-state index contributed by atoms with van der Waals surface area (Å²) >= 11 is 0. The van der Waals surface area contributed by atoms with Gasteiger partial charge in [0, 0.05) is 0 Å². The van der Waals surface area contributed by atoms with Crippen molar-refractivity contribution in [1.82, 2.24) is 5.32 Å². The molecular formula is C23H47NO4. The number of aliphatic hydroxyl groups is 3. The summed E-state index contributed by atoms with van der Waals surface area (Å²) in [5, 5.41) is 31.7. The van der Waals surface area contributed by atoms with Gasteiger partial charge in [-0.25, -0.2) is 0 Å². The van der Waals surface area contributed by atoms with E-state index in [0.29, 0.717) is 12.8 Å². The number of rotatable bonds is 20. The summed E-state index contributed by atoms with van der Waals surface area (Å²) < 4.78 is 0. The third-order valence-electron chi connectivity index (χ3n) is 5.50. The van der Waals surface area contributed by atoms with Gasteiger partial charge in [-0.1, -0.05) is 97.3 Å². The normalized spacial score (nSPS) is 14.6. The summed E-state index contributed by atoms with van der Waals surface area (Å²) in [6, 6.07) is -0.645. The molecule has 0 bridgehead atoms. The van der Waals surface area contributed by atoms with Gasteiger partial charge in [0.2, 0.25) is 5.91 Å². The van der Waals surface area contributed by atoms with E-state index in [1.54, 1.807) is 0 Å². The third-order valence-corrected chi connectivity index (χ3v) is 5.50. The zero-order chi connectivity index (χ0) is 21.0. The molecule has 0 spiro atoms. The van der Waals surface area contributed by atoms with Crippen molar-refractivity contribution in [1.29, 1.82) is 0 Å². The molecule has 3 atom stereocenters. The van der Waals surface area contributed by atoms with Crippen molar-refractivity contribution in [2.45, 2.75) is 135 Å². The molecular weight excluding hydrogens is 354 g/mol. The van der Waals surface area contributed by atoms with Crippen molar-refractivity contribution in [2.75, 3.05) is 6.61 Å². The van der Waals surface area contributed by atoms with E-state index in [0.717, 1.165) is 12.8 Å². The van der Waals surface area contributed by atoms with Gasteiger partial charge < -0.3 is 20.6 Å². The minimum absolute atomic E-state index is 0.0124. The van der Waals surface area contributed by atoms with E-state index in [-0.39, 0.29) is 18.9 Å². The third kappa shape index (κ3) is 16.3. The second kappa shape index (κ2) is 19.7. The van der Waals surface area contributed by atoms with Gasteiger partial charge >= 0.3 is 0 Å². The standard InChI is InChI=1S/C23H47NO4/c1-3-5-6-7-8-9-10-11-12-13-14-15-16-17-22(27)21(19-25)24-23(28)18-20(26)4-2/h20-22,25-27H,3-19H2,1-2H3,(H,24,28)/t20-,21+,22-/m1/s1. The van der Waals surface area contributed by atoms with Crippen molar-refractivity contribution in [3.63, 3.8) is 0 Å². The first-order valence-electron chi connectivity index (χ1n) is 11.8. The Hall–Kier alpha value is -0.650. The van der Waals surface area contributed by atoms with Crippen LogP contribution in [0.15, 0.2) is 0 Å². The van der Waals surface area contributed by atoms with Crippen LogP contribution in [0.5, 0.6) is 0 Å². The van der Waals surface area contributed by atoms with E-state index in [9.17, 15) is 20.1 Å². The van der Waals surface area contributed by atoms with Gasteiger partial charge in [0.05, 0.1) is 31.3 Å². The lowest BCUT2D eigenvalue weighted by atomic mass is 10.0. The molecule has 0 heterocycles. The molecule has 0 aromatic carbocycles. The lowest BCUT2D eigenvalue weighted by Crippen LogP contribution is -2.46. The van der Waals surface area contributed by atoms with Gasteiger partial charge in [0.15, 0.2) is 0 Å². The summed E-state index contributed by atoms with van der Waals surface area (Å²) in [4.78, 5) is 11.8. The molecule has 0 aromatic heterocycles. The number of hydrogen-bond donors (Lipinski definition) is 4. The molecule has 0 fully saturated rings. The second-order valence-electron chi connectivity index (χ2n) is 8.22. The Morgan fingerprint density at radius 2 is 1.25 bits per heavy atom. The molecule has 0 unspecified atom stereocenters. The van der Waals surface area contributed by atoms with Gasteiger partial charge in [0.1, 0.15) is 0 Å². The number of unbranched alkanes of at least 4 members (excludes halogenated alkanes) is 12. The van der Waals surface area contributed by atoms with Crippen LogP contribution in [-0.4, -0.2) is 46.1 Å². The van der Waals surface area contributed by atoms with Crippen LogP contribution in [0, 0.1) is 0 Å². The maximum Gasteiger partial charge on any atom is 0.222 e. The van der Waals surface area contributed by atoms with E-state index < -0.39 is 18.2 Å². The number of aliphatic hydroxyl groups excluding tert-OH is 3. The molecule has 5 nitrogen and oxygen atoms in total. The quantitative estimate of drug-likeness (QED) is 0.227. The minimum Gasteiger partial charge on any atom is -0.394 e. The monoisotopic (exact) mass is 401 g/mol. The first-order chi connectivity index (χ1) is 13.5. The van der Waals surface area contributed by atoms with Crippen LogP contribution in [0.4, 0.5) is 0 Å². The van der Waals surface area contributed by atoms with Gasteiger partial charge in [-0.15, -0.1) is 0 Å². The summed E-state index contributed by atoms with van der Waals surface area (Å²) in [5.41, 5.74) is 0. The topological polar surface area (TPSA) is 89.8 Å². The van der Waals surface area contributed by atoms with Crippen molar-refractivity contribution in [3.8, 4) is 0 Å². The van der Waals surface area contributed by atoms with E-state index in [4.69, 9.17) is 0 Å².